The van der Waals surface area contributed by atoms with Crippen LogP contribution in [0.25, 0.3) is 22.3 Å². The van der Waals surface area contributed by atoms with Crippen LogP contribution in [0.2, 0.25) is 0 Å². The van der Waals surface area contributed by atoms with Crippen LogP contribution in [0.4, 0.5) is 11.4 Å². The van der Waals surface area contributed by atoms with E-state index in [0.717, 1.165) is 58.1 Å². The van der Waals surface area contributed by atoms with Crippen molar-refractivity contribution < 1.29 is 14.6 Å². The van der Waals surface area contributed by atoms with Crippen molar-refractivity contribution in [3.63, 3.8) is 0 Å². The Bertz CT molecular complexity index is 1270. The SMILES string of the molecule is COc1cc(OC)cc(N(C[C@@H]2CC2CO)c2ccc3ncc(-c4cnn(C)c4)nc3c2)c1. The molecule has 33 heavy (non-hydrogen) atoms. The molecule has 0 radical (unpaired) electrons. The third-order valence-electron chi connectivity index (χ3n) is 6.21. The number of hydrogen-bond acceptors (Lipinski definition) is 7. The molecule has 8 nitrogen and oxygen atoms in total. The van der Waals surface area contributed by atoms with Crippen LogP contribution in [0, 0.1) is 11.8 Å². The first kappa shape index (κ1) is 21.2. The Morgan fingerprint density at radius 3 is 2.42 bits per heavy atom. The van der Waals surface area contributed by atoms with Crippen molar-refractivity contribution in [2.75, 3.05) is 32.3 Å². The molecule has 2 aromatic heterocycles. The molecule has 5 rings (SSSR count). The lowest BCUT2D eigenvalue weighted by atomic mass is 10.1. The summed E-state index contributed by atoms with van der Waals surface area (Å²) >= 11 is 0. The summed E-state index contributed by atoms with van der Waals surface area (Å²) < 4.78 is 12.8. The van der Waals surface area contributed by atoms with Gasteiger partial charge in [0.25, 0.3) is 0 Å². The van der Waals surface area contributed by atoms with Crippen LogP contribution >= 0.6 is 0 Å². The van der Waals surface area contributed by atoms with Gasteiger partial charge in [0.2, 0.25) is 0 Å². The summed E-state index contributed by atoms with van der Waals surface area (Å²) in [6.45, 7) is 1.00. The van der Waals surface area contributed by atoms with Crippen molar-refractivity contribution >= 4 is 22.4 Å². The highest BCUT2D eigenvalue weighted by molar-refractivity contribution is 5.82. The maximum atomic E-state index is 9.59. The number of nitrogens with zero attached hydrogens (tertiary/aromatic N) is 5. The topological polar surface area (TPSA) is 85.5 Å². The highest BCUT2D eigenvalue weighted by atomic mass is 16.5. The van der Waals surface area contributed by atoms with Crippen LogP contribution in [0.5, 0.6) is 11.5 Å². The highest BCUT2D eigenvalue weighted by Crippen LogP contribution is 2.42. The van der Waals surface area contributed by atoms with Crippen LogP contribution in [0.3, 0.4) is 0 Å². The lowest BCUT2D eigenvalue weighted by molar-refractivity contribution is 0.269. The van der Waals surface area contributed by atoms with Crippen molar-refractivity contribution in [3.8, 4) is 22.8 Å². The second-order valence-electron chi connectivity index (χ2n) is 8.45. The van der Waals surface area contributed by atoms with Crippen molar-refractivity contribution in [3.05, 3.63) is 55.0 Å². The van der Waals surface area contributed by atoms with Gasteiger partial charge in [0.15, 0.2) is 0 Å². The van der Waals surface area contributed by atoms with Gasteiger partial charge >= 0.3 is 0 Å². The molecule has 0 saturated heterocycles. The number of hydrogen-bond donors (Lipinski definition) is 1. The second kappa shape index (κ2) is 8.71. The molecule has 2 aromatic carbocycles. The molecule has 4 aromatic rings. The van der Waals surface area contributed by atoms with E-state index in [4.69, 9.17) is 14.5 Å². The molecule has 2 heterocycles. The number of ether oxygens (including phenoxy) is 2. The third kappa shape index (κ3) is 4.34. The minimum Gasteiger partial charge on any atom is -0.497 e. The van der Waals surface area contributed by atoms with Gasteiger partial charge in [-0.2, -0.15) is 5.10 Å². The fraction of sp³-hybridized carbons (Fsp3) is 0.320. The fourth-order valence-corrected chi connectivity index (χ4v) is 4.16. The molecular weight excluding hydrogens is 418 g/mol. The number of rotatable bonds is 8. The zero-order valence-electron chi connectivity index (χ0n) is 19.0. The minimum atomic E-state index is 0.220. The first-order valence-corrected chi connectivity index (χ1v) is 10.9. The van der Waals surface area contributed by atoms with E-state index in [-0.39, 0.29) is 6.61 Å². The lowest BCUT2D eigenvalue weighted by Gasteiger charge is -2.26. The molecule has 1 saturated carbocycles. The molecule has 0 amide bonds. The van der Waals surface area contributed by atoms with Gasteiger partial charge in [-0.1, -0.05) is 0 Å². The van der Waals surface area contributed by atoms with Crippen LogP contribution < -0.4 is 14.4 Å². The van der Waals surface area contributed by atoms with Gasteiger partial charge in [0, 0.05) is 61.5 Å². The molecule has 8 heteroatoms. The van der Waals surface area contributed by atoms with Gasteiger partial charge in [-0.15, -0.1) is 0 Å². The average Bonchev–Trinajstić information content (AvgIpc) is 3.48. The number of aryl methyl sites for hydroxylation is 1. The van der Waals surface area contributed by atoms with Crippen molar-refractivity contribution in [1.82, 2.24) is 19.7 Å². The zero-order valence-corrected chi connectivity index (χ0v) is 19.0. The van der Waals surface area contributed by atoms with E-state index in [1.807, 2.05) is 37.5 Å². The summed E-state index contributed by atoms with van der Waals surface area (Å²) in [5.41, 5.74) is 5.31. The second-order valence-corrected chi connectivity index (χ2v) is 8.45. The summed E-state index contributed by atoms with van der Waals surface area (Å²) in [4.78, 5) is 11.7. The number of anilines is 2. The van der Waals surface area contributed by atoms with E-state index in [1.54, 1.807) is 31.3 Å². The van der Waals surface area contributed by atoms with Crippen molar-refractivity contribution in [1.29, 1.82) is 0 Å². The normalized spacial score (nSPS) is 17.2. The van der Waals surface area contributed by atoms with E-state index < -0.39 is 0 Å². The zero-order chi connectivity index (χ0) is 22.9. The minimum absolute atomic E-state index is 0.220. The molecule has 1 aliphatic rings. The summed E-state index contributed by atoms with van der Waals surface area (Å²) in [5.74, 6) is 2.22. The van der Waals surface area contributed by atoms with Gasteiger partial charge < -0.3 is 19.5 Å². The van der Waals surface area contributed by atoms with E-state index >= 15 is 0 Å². The number of aromatic nitrogens is 4. The first-order chi connectivity index (χ1) is 16.1. The smallest absolute Gasteiger partial charge is 0.124 e. The molecule has 0 spiro atoms. The average molecular weight is 446 g/mol. The van der Waals surface area contributed by atoms with Gasteiger partial charge in [0.05, 0.1) is 43.3 Å². The largest absolute Gasteiger partial charge is 0.497 e. The molecular formula is C25H27N5O3. The molecule has 2 atom stereocenters. The van der Waals surface area contributed by atoms with Crippen molar-refractivity contribution in [2.45, 2.75) is 6.42 Å². The summed E-state index contributed by atoms with van der Waals surface area (Å²) in [6, 6.07) is 12.0. The van der Waals surface area contributed by atoms with Crippen LogP contribution in [0.1, 0.15) is 6.42 Å². The summed E-state index contributed by atoms with van der Waals surface area (Å²) in [6.07, 6.45) is 6.51. The number of methoxy groups -OCH3 is 2. The summed E-state index contributed by atoms with van der Waals surface area (Å²) in [5, 5.41) is 13.8. The number of aliphatic hydroxyl groups excluding tert-OH is 1. The van der Waals surface area contributed by atoms with Gasteiger partial charge in [-0.25, -0.2) is 4.98 Å². The Morgan fingerprint density at radius 1 is 1.00 bits per heavy atom. The van der Waals surface area contributed by atoms with Gasteiger partial charge in [-0.3, -0.25) is 9.67 Å². The Labute approximate surface area is 192 Å². The Hall–Kier alpha value is -3.65. The Kier molecular flexibility index (Phi) is 5.60. The fourth-order valence-electron chi connectivity index (χ4n) is 4.16. The van der Waals surface area contributed by atoms with Gasteiger partial charge in [0.1, 0.15) is 11.5 Å². The molecule has 0 bridgehead atoms. The predicted molar refractivity (Wildman–Crippen MR) is 127 cm³/mol. The lowest BCUT2D eigenvalue weighted by Crippen LogP contribution is -2.21. The summed E-state index contributed by atoms with van der Waals surface area (Å²) in [7, 11) is 5.18. The first-order valence-electron chi connectivity index (χ1n) is 10.9. The molecule has 170 valence electrons. The third-order valence-corrected chi connectivity index (χ3v) is 6.21. The van der Waals surface area contributed by atoms with Crippen molar-refractivity contribution in [2.24, 2.45) is 18.9 Å². The van der Waals surface area contributed by atoms with E-state index in [1.165, 1.54) is 0 Å². The van der Waals surface area contributed by atoms with Gasteiger partial charge in [-0.05, 0) is 36.5 Å². The molecule has 1 fully saturated rings. The Morgan fingerprint density at radius 2 is 1.79 bits per heavy atom. The van der Waals surface area contributed by atoms with Crippen LogP contribution in [0.15, 0.2) is 55.0 Å². The maximum absolute atomic E-state index is 9.59. The highest BCUT2D eigenvalue weighted by Gasteiger charge is 2.38. The Balaban J connectivity index is 1.57. The van der Waals surface area contributed by atoms with E-state index in [9.17, 15) is 5.11 Å². The van der Waals surface area contributed by atoms with Crippen LogP contribution in [-0.4, -0.2) is 52.2 Å². The molecule has 1 unspecified atom stereocenters. The maximum Gasteiger partial charge on any atom is 0.124 e. The number of benzene rings is 2. The molecule has 1 aliphatic carbocycles. The molecule has 0 aliphatic heterocycles. The van der Waals surface area contributed by atoms with E-state index in [2.05, 4.69) is 27.1 Å². The standard InChI is InChI=1S/C25H27N5O3/c1-29-13-18(11-27-29)25-12-26-23-5-4-19(9-24(23)28-25)30(14-16-6-17(16)15-31)20-7-21(32-2)10-22(8-20)33-3/h4-5,7-13,16-17,31H,6,14-15H2,1-3H3/t16-,17?/m0/s1. The van der Waals surface area contributed by atoms with E-state index in [0.29, 0.717) is 11.8 Å². The quantitative estimate of drug-likeness (QED) is 0.441. The number of aliphatic hydroxyl groups is 1. The monoisotopic (exact) mass is 445 g/mol. The molecule has 1 N–H and O–H groups in total. The predicted octanol–water partition coefficient (Wildman–Crippen LogP) is 3.81. The number of fused-ring (bicyclic) bond motifs is 1. The van der Waals surface area contributed by atoms with Crippen LogP contribution in [-0.2, 0) is 7.05 Å².